The largest absolute Gasteiger partial charge is 0.379 e. The lowest BCUT2D eigenvalue weighted by atomic mass is 9.94. The van der Waals surface area contributed by atoms with Gasteiger partial charge < -0.3 is 10.1 Å². The maximum Gasteiger partial charge on any atom is 0.0702 e. The van der Waals surface area contributed by atoms with E-state index >= 15 is 0 Å². The molecular weight excluding hydrogens is 260 g/mol. The second-order valence-corrected chi connectivity index (χ2v) is 6.07. The number of benzene rings is 1. The van der Waals surface area contributed by atoms with Crippen molar-refractivity contribution in [3.63, 3.8) is 0 Å². The summed E-state index contributed by atoms with van der Waals surface area (Å²) in [5.41, 5.74) is 2.30. The Bertz CT molecular complexity index is 580. The molecule has 0 spiro atoms. The molecule has 2 aromatic rings. The number of fused-ring (bicyclic) bond motifs is 1. The Morgan fingerprint density at radius 2 is 2.10 bits per heavy atom. The average molecular weight is 286 g/mol. The number of nitrogens with zero attached hydrogens (tertiary/aromatic N) is 1. The molecule has 1 aromatic heterocycles. The molecule has 0 amide bonds. The molecule has 0 bridgehead atoms. The molecule has 0 aliphatic carbocycles. The Balaban J connectivity index is 2.19. The second-order valence-electron chi connectivity index (χ2n) is 6.07. The average Bonchev–Trinajstić information content (AvgIpc) is 2.51. The van der Waals surface area contributed by atoms with E-state index in [4.69, 9.17) is 4.74 Å². The van der Waals surface area contributed by atoms with Gasteiger partial charge in [0.15, 0.2) is 0 Å². The molecule has 114 valence electrons. The predicted molar refractivity (Wildman–Crippen MR) is 88.5 cm³/mol. The van der Waals surface area contributed by atoms with Crippen LogP contribution in [-0.4, -0.2) is 24.2 Å². The van der Waals surface area contributed by atoms with E-state index in [0.717, 1.165) is 24.9 Å². The molecule has 1 heterocycles. The van der Waals surface area contributed by atoms with Crippen molar-refractivity contribution in [3.8, 4) is 0 Å². The van der Waals surface area contributed by atoms with Crippen molar-refractivity contribution in [3.05, 3.63) is 42.1 Å². The van der Waals surface area contributed by atoms with E-state index in [0.29, 0.717) is 6.04 Å². The molecule has 0 aliphatic rings. The van der Waals surface area contributed by atoms with Crippen molar-refractivity contribution in [1.29, 1.82) is 0 Å². The van der Waals surface area contributed by atoms with Crippen molar-refractivity contribution in [1.82, 2.24) is 10.3 Å². The maximum atomic E-state index is 5.53. The summed E-state index contributed by atoms with van der Waals surface area (Å²) in [6, 6.07) is 11.0. The molecule has 0 saturated heterocycles. The first-order chi connectivity index (χ1) is 10.1. The summed E-state index contributed by atoms with van der Waals surface area (Å²) in [6.07, 6.45) is 3.91. The predicted octanol–water partition coefficient (Wildman–Crippen LogP) is 4.09. The molecule has 3 heteroatoms. The van der Waals surface area contributed by atoms with Crippen LogP contribution >= 0.6 is 0 Å². The van der Waals surface area contributed by atoms with Crippen LogP contribution in [0.25, 0.3) is 10.9 Å². The first kappa shape index (κ1) is 15.9. The van der Waals surface area contributed by atoms with E-state index in [-0.39, 0.29) is 5.60 Å². The zero-order valence-corrected chi connectivity index (χ0v) is 13.5. The van der Waals surface area contributed by atoms with Crippen molar-refractivity contribution in [2.75, 3.05) is 13.7 Å². The van der Waals surface area contributed by atoms with Crippen LogP contribution in [0.3, 0.4) is 0 Å². The highest BCUT2D eigenvalue weighted by atomic mass is 16.5. The van der Waals surface area contributed by atoms with Gasteiger partial charge in [-0.15, -0.1) is 0 Å². The van der Waals surface area contributed by atoms with E-state index in [9.17, 15) is 0 Å². The lowest BCUT2D eigenvalue weighted by Crippen LogP contribution is -2.27. The van der Waals surface area contributed by atoms with Crippen LogP contribution in [0.4, 0.5) is 0 Å². The van der Waals surface area contributed by atoms with E-state index in [1.54, 1.807) is 7.11 Å². The van der Waals surface area contributed by atoms with Gasteiger partial charge >= 0.3 is 0 Å². The summed E-state index contributed by atoms with van der Waals surface area (Å²) in [5, 5.41) is 4.78. The highest BCUT2D eigenvalue weighted by Crippen LogP contribution is 2.26. The Morgan fingerprint density at radius 3 is 2.81 bits per heavy atom. The fourth-order valence-corrected chi connectivity index (χ4v) is 2.54. The third-order valence-electron chi connectivity index (χ3n) is 4.07. The van der Waals surface area contributed by atoms with Crippen molar-refractivity contribution >= 4 is 10.9 Å². The third kappa shape index (κ3) is 4.26. The fraction of sp³-hybridized carbons (Fsp3) is 0.500. The van der Waals surface area contributed by atoms with Gasteiger partial charge in [0.25, 0.3) is 0 Å². The molecular formula is C18H26N2O. The van der Waals surface area contributed by atoms with E-state index in [1.165, 1.54) is 10.9 Å². The summed E-state index contributed by atoms with van der Waals surface area (Å²) < 4.78 is 5.53. The van der Waals surface area contributed by atoms with Gasteiger partial charge in [-0.3, -0.25) is 4.98 Å². The molecule has 2 rings (SSSR count). The van der Waals surface area contributed by atoms with Gasteiger partial charge in [0.05, 0.1) is 11.1 Å². The van der Waals surface area contributed by atoms with Gasteiger partial charge in [-0.1, -0.05) is 19.1 Å². The number of methoxy groups -OCH3 is 1. The minimum Gasteiger partial charge on any atom is -0.379 e. The summed E-state index contributed by atoms with van der Waals surface area (Å²) in [5.74, 6) is 0. The third-order valence-corrected chi connectivity index (χ3v) is 4.07. The van der Waals surface area contributed by atoms with Gasteiger partial charge in [0.1, 0.15) is 0 Å². The molecule has 0 radical (unpaired) electrons. The second kappa shape index (κ2) is 7.01. The minimum atomic E-state index is -0.0773. The fourth-order valence-electron chi connectivity index (χ4n) is 2.54. The Hall–Kier alpha value is -1.45. The molecule has 0 fully saturated rings. The van der Waals surface area contributed by atoms with Crippen molar-refractivity contribution < 1.29 is 4.74 Å². The van der Waals surface area contributed by atoms with Gasteiger partial charge in [-0.2, -0.15) is 0 Å². The molecule has 3 nitrogen and oxygen atoms in total. The topological polar surface area (TPSA) is 34.1 Å². The number of hydrogen-bond donors (Lipinski definition) is 1. The van der Waals surface area contributed by atoms with Crippen LogP contribution in [0.15, 0.2) is 36.5 Å². The van der Waals surface area contributed by atoms with E-state index < -0.39 is 0 Å². The standard InChI is InChI=1S/C18H26N2O/c1-5-19-17(10-11-18(2,3)21-4)15-8-9-16-14(13-15)7-6-12-20-16/h6-9,12-13,17,19H,5,10-11H2,1-4H3. The van der Waals surface area contributed by atoms with E-state index in [1.807, 2.05) is 12.3 Å². The van der Waals surface area contributed by atoms with Crippen LogP contribution in [0.2, 0.25) is 0 Å². The smallest absolute Gasteiger partial charge is 0.0702 e. The number of pyridine rings is 1. The molecule has 1 N–H and O–H groups in total. The molecule has 1 atom stereocenters. The van der Waals surface area contributed by atoms with Crippen LogP contribution < -0.4 is 5.32 Å². The minimum absolute atomic E-state index is 0.0773. The zero-order chi connectivity index (χ0) is 15.3. The summed E-state index contributed by atoms with van der Waals surface area (Å²) in [6.45, 7) is 7.39. The highest BCUT2D eigenvalue weighted by molar-refractivity contribution is 5.79. The van der Waals surface area contributed by atoms with Crippen LogP contribution in [-0.2, 0) is 4.74 Å². The number of rotatable bonds is 7. The molecule has 1 aromatic carbocycles. The Kier molecular flexibility index (Phi) is 5.32. The summed E-state index contributed by atoms with van der Waals surface area (Å²) in [7, 11) is 1.78. The van der Waals surface area contributed by atoms with Gasteiger partial charge in [0, 0.05) is 24.7 Å². The number of ether oxygens (including phenoxy) is 1. The Labute approximate surface area is 127 Å². The van der Waals surface area contributed by atoms with Crippen LogP contribution in [0.1, 0.15) is 45.2 Å². The van der Waals surface area contributed by atoms with Crippen LogP contribution in [0, 0.1) is 0 Å². The molecule has 0 aliphatic heterocycles. The van der Waals surface area contributed by atoms with Crippen LogP contribution in [0.5, 0.6) is 0 Å². The summed E-state index contributed by atoms with van der Waals surface area (Å²) in [4.78, 5) is 4.39. The lowest BCUT2D eigenvalue weighted by Gasteiger charge is -2.26. The van der Waals surface area contributed by atoms with Gasteiger partial charge in [0.2, 0.25) is 0 Å². The molecule has 21 heavy (non-hydrogen) atoms. The van der Waals surface area contributed by atoms with Crippen molar-refractivity contribution in [2.45, 2.75) is 45.3 Å². The monoisotopic (exact) mass is 286 g/mol. The highest BCUT2D eigenvalue weighted by Gasteiger charge is 2.20. The van der Waals surface area contributed by atoms with Crippen molar-refractivity contribution in [2.24, 2.45) is 0 Å². The summed E-state index contributed by atoms with van der Waals surface area (Å²) >= 11 is 0. The lowest BCUT2D eigenvalue weighted by molar-refractivity contribution is 0.0117. The SMILES string of the molecule is CCNC(CCC(C)(C)OC)c1ccc2ncccc2c1. The number of nitrogens with one attached hydrogen (secondary N) is 1. The zero-order valence-electron chi connectivity index (χ0n) is 13.5. The molecule has 0 saturated carbocycles. The quantitative estimate of drug-likeness (QED) is 0.832. The van der Waals surface area contributed by atoms with Gasteiger partial charge in [-0.05, 0) is 57.0 Å². The van der Waals surface area contributed by atoms with Gasteiger partial charge in [-0.25, -0.2) is 0 Å². The first-order valence-electron chi connectivity index (χ1n) is 7.69. The number of aromatic nitrogens is 1. The normalized spacial score (nSPS) is 13.5. The molecule has 1 unspecified atom stereocenters. The number of hydrogen-bond acceptors (Lipinski definition) is 3. The van der Waals surface area contributed by atoms with E-state index in [2.05, 4.69) is 55.3 Å². The first-order valence-corrected chi connectivity index (χ1v) is 7.69. The Morgan fingerprint density at radius 1 is 1.29 bits per heavy atom. The maximum absolute atomic E-state index is 5.53.